The molecule has 12 heavy (non-hydrogen) atoms. The van der Waals surface area contributed by atoms with Crippen molar-refractivity contribution in [3.8, 4) is 0 Å². The van der Waals surface area contributed by atoms with E-state index in [0.29, 0.717) is 5.56 Å². The zero-order valence-electron chi connectivity index (χ0n) is 6.66. The second kappa shape index (κ2) is 3.62. The average Bonchev–Trinajstić information content (AvgIpc) is 2.16. The minimum atomic E-state index is 0.544. The summed E-state index contributed by atoms with van der Waals surface area (Å²) in [5, 5.41) is 0. The minimum absolute atomic E-state index is 0.544. The largest absolute Gasteiger partial charge is 0.298 e. The first kappa shape index (κ1) is 8.40. The fraction of sp³-hybridized carbons (Fsp3) is 0. The third kappa shape index (κ3) is 1.32. The highest BCUT2D eigenvalue weighted by Gasteiger charge is 2.01. The molecule has 1 aromatic heterocycles. The molecule has 1 aromatic rings. The summed E-state index contributed by atoms with van der Waals surface area (Å²) in [4.78, 5) is 14.4. The van der Waals surface area contributed by atoms with Gasteiger partial charge in [-0.3, -0.25) is 9.78 Å². The quantitative estimate of drug-likeness (QED) is 0.633. The van der Waals surface area contributed by atoms with Crippen molar-refractivity contribution < 1.29 is 4.79 Å². The molecule has 0 unspecified atom stereocenters. The van der Waals surface area contributed by atoms with E-state index in [1.807, 2.05) is 0 Å². The average molecular weight is 159 g/mol. The molecule has 0 fully saturated rings. The molecule has 0 radical (unpaired) electrons. The van der Waals surface area contributed by atoms with Gasteiger partial charge < -0.3 is 0 Å². The van der Waals surface area contributed by atoms with Crippen LogP contribution in [0.5, 0.6) is 0 Å². The highest BCUT2D eigenvalue weighted by atomic mass is 16.1. The maximum atomic E-state index is 10.5. The molecule has 0 saturated heterocycles. The summed E-state index contributed by atoms with van der Waals surface area (Å²) in [5.41, 5.74) is 2.16. The molecule has 2 nitrogen and oxygen atoms in total. The van der Waals surface area contributed by atoms with Gasteiger partial charge >= 0.3 is 0 Å². The van der Waals surface area contributed by atoms with Crippen molar-refractivity contribution in [1.29, 1.82) is 0 Å². The molecule has 60 valence electrons. The first-order valence-electron chi connectivity index (χ1n) is 3.51. The summed E-state index contributed by atoms with van der Waals surface area (Å²) in [7, 11) is 0. The van der Waals surface area contributed by atoms with Crippen LogP contribution in [0.3, 0.4) is 0 Å². The van der Waals surface area contributed by atoms with Crippen molar-refractivity contribution in [2.45, 2.75) is 0 Å². The van der Waals surface area contributed by atoms with Crippen LogP contribution in [0.25, 0.3) is 12.2 Å². The van der Waals surface area contributed by atoms with E-state index in [1.54, 1.807) is 18.3 Å². The molecule has 0 aromatic carbocycles. The van der Waals surface area contributed by atoms with Gasteiger partial charge in [-0.15, -0.1) is 0 Å². The lowest BCUT2D eigenvalue weighted by Gasteiger charge is -2.01. The van der Waals surface area contributed by atoms with Crippen molar-refractivity contribution in [3.05, 3.63) is 42.2 Å². The van der Waals surface area contributed by atoms with Crippen LogP contribution >= 0.6 is 0 Å². The maximum Gasteiger partial charge on any atom is 0.152 e. The van der Waals surface area contributed by atoms with E-state index in [2.05, 4.69) is 18.1 Å². The standard InChI is InChI=1S/C10H9NO/c1-3-8-5-11-6-9(7-12)10(8)4-2/h3-7H,1-2H2. The number of carbonyl (C=O) groups is 1. The lowest BCUT2D eigenvalue weighted by Crippen LogP contribution is -1.91. The van der Waals surface area contributed by atoms with Gasteiger partial charge in [0, 0.05) is 23.5 Å². The molecule has 0 aliphatic carbocycles. The van der Waals surface area contributed by atoms with Crippen LogP contribution in [0.15, 0.2) is 25.6 Å². The highest BCUT2D eigenvalue weighted by molar-refractivity contribution is 5.84. The van der Waals surface area contributed by atoms with Crippen LogP contribution in [0.4, 0.5) is 0 Å². The van der Waals surface area contributed by atoms with E-state index in [0.717, 1.165) is 17.4 Å². The van der Waals surface area contributed by atoms with E-state index >= 15 is 0 Å². The molecule has 0 saturated carbocycles. The molecule has 1 heterocycles. The Morgan fingerprint density at radius 2 is 1.83 bits per heavy atom. The monoisotopic (exact) mass is 159 g/mol. The molecular weight excluding hydrogens is 150 g/mol. The number of pyridine rings is 1. The molecule has 0 spiro atoms. The number of hydrogen-bond acceptors (Lipinski definition) is 2. The van der Waals surface area contributed by atoms with Crippen LogP contribution in [0.1, 0.15) is 21.5 Å². The summed E-state index contributed by atoms with van der Waals surface area (Å²) in [6.45, 7) is 7.22. The fourth-order valence-electron chi connectivity index (χ4n) is 0.996. The SMILES string of the molecule is C=Cc1cncc(C=O)c1C=C. The van der Waals surface area contributed by atoms with Gasteiger partial charge in [0.05, 0.1) is 0 Å². The van der Waals surface area contributed by atoms with Crippen molar-refractivity contribution >= 4 is 18.4 Å². The van der Waals surface area contributed by atoms with Gasteiger partial charge in [-0.2, -0.15) is 0 Å². The third-order valence-electron chi connectivity index (χ3n) is 1.60. The van der Waals surface area contributed by atoms with Crippen LogP contribution < -0.4 is 0 Å². The number of rotatable bonds is 3. The number of hydrogen-bond donors (Lipinski definition) is 0. The molecule has 0 aliphatic heterocycles. The summed E-state index contributed by atoms with van der Waals surface area (Å²) < 4.78 is 0. The highest BCUT2D eigenvalue weighted by Crippen LogP contribution is 2.13. The lowest BCUT2D eigenvalue weighted by molar-refractivity contribution is 0.112. The van der Waals surface area contributed by atoms with Crippen LogP contribution in [-0.2, 0) is 0 Å². The normalized spacial score (nSPS) is 9.00. The Labute approximate surface area is 71.3 Å². The zero-order chi connectivity index (χ0) is 8.97. The third-order valence-corrected chi connectivity index (χ3v) is 1.60. The fourth-order valence-corrected chi connectivity index (χ4v) is 0.996. The predicted octanol–water partition coefficient (Wildman–Crippen LogP) is 2.18. The van der Waals surface area contributed by atoms with Gasteiger partial charge in [0.2, 0.25) is 0 Å². The van der Waals surface area contributed by atoms with Gasteiger partial charge in [-0.25, -0.2) is 0 Å². The molecule has 0 bridgehead atoms. The topological polar surface area (TPSA) is 30.0 Å². The Morgan fingerprint density at radius 3 is 2.33 bits per heavy atom. The first-order chi connectivity index (χ1) is 5.83. The van der Waals surface area contributed by atoms with Gasteiger partial charge in [-0.05, 0) is 5.56 Å². The number of carbonyl (C=O) groups excluding carboxylic acids is 1. The van der Waals surface area contributed by atoms with Crippen LogP contribution in [0, 0.1) is 0 Å². The van der Waals surface area contributed by atoms with Crippen molar-refractivity contribution in [1.82, 2.24) is 4.98 Å². The van der Waals surface area contributed by atoms with Crippen molar-refractivity contribution in [2.24, 2.45) is 0 Å². The van der Waals surface area contributed by atoms with E-state index < -0.39 is 0 Å². The number of aromatic nitrogens is 1. The van der Waals surface area contributed by atoms with Crippen LogP contribution in [0.2, 0.25) is 0 Å². The van der Waals surface area contributed by atoms with Gasteiger partial charge in [0.25, 0.3) is 0 Å². The Morgan fingerprint density at radius 1 is 1.17 bits per heavy atom. The lowest BCUT2D eigenvalue weighted by atomic mass is 10.1. The Balaban J connectivity index is 3.40. The Bertz CT molecular complexity index is 302. The van der Waals surface area contributed by atoms with Crippen molar-refractivity contribution in [3.63, 3.8) is 0 Å². The summed E-state index contributed by atoms with van der Waals surface area (Å²) in [5.74, 6) is 0. The summed E-state index contributed by atoms with van der Waals surface area (Å²) >= 11 is 0. The second-order valence-electron chi connectivity index (χ2n) is 2.26. The predicted molar refractivity (Wildman–Crippen MR) is 49.8 cm³/mol. The Kier molecular flexibility index (Phi) is 2.53. The first-order valence-corrected chi connectivity index (χ1v) is 3.51. The summed E-state index contributed by atoms with van der Waals surface area (Å²) in [6, 6.07) is 0. The molecule has 0 amide bonds. The number of aldehydes is 1. The summed E-state index contributed by atoms with van der Waals surface area (Å²) in [6.07, 6.45) is 7.20. The molecule has 0 N–H and O–H groups in total. The Hall–Kier alpha value is -1.70. The molecular formula is C10H9NO. The smallest absolute Gasteiger partial charge is 0.152 e. The van der Waals surface area contributed by atoms with E-state index in [9.17, 15) is 4.79 Å². The maximum absolute atomic E-state index is 10.5. The molecule has 0 aliphatic rings. The number of nitrogens with zero attached hydrogens (tertiary/aromatic N) is 1. The minimum Gasteiger partial charge on any atom is -0.298 e. The van der Waals surface area contributed by atoms with E-state index in [4.69, 9.17) is 0 Å². The second-order valence-corrected chi connectivity index (χ2v) is 2.26. The van der Waals surface area contributed by atoms with Gasteiger partial charge in [-0.1, -0.05) is 25.3 Å². The van der Waals surface area contributed by atoms with Crippen molar-refractivity contribution in [2.75, 3.05) is 0 Å². The van der Waals surface area contributed by atoms with Crippen LogP contribution in [-0.4, -0.2) is 11.3 Å². The molecule has 1 rings (SSSR count). The van der Waals surface area contributed by atoms with E-state index in [-0.39, 0.29) is 0 Å². The molecule has 0 atom stereocenters. The molecule has 2 heteroatoms. The van der Waals surface area contributed by atoms with E-state index in [1.165, 1.54) is 6.20 Å². The van der Waals surface area contributed by atoms with Gasteiger partial charge in [0.15, 0.2) is 6.29 Å². The van der Waals surface area contributed by atoms with Gasteiger partial charge in [0.1, 0.15) is 0 Å². The zero-order valence-corrected chi connectivity index (χ0v) is 6.66.